The molecule has 0 fully saturated rings. The summed E-state index contributed by atoms with van der Waals surface area (Å²) >= 11 is 0. The number of benzene rings is 1. The summed E-state index contributed by atoms with van der Waals surface area (Å²) in [5.41, 5.74) is 11.3. The van der Waals surface area contributed by atoms with E-state index >= 15 is 0 Å². The number of nitrogens with two attached hydrogens (primary N) is 1. The summed E-state index contributed by atoms with van der Waals surface area (Å²) in [5, 5.41) is 8.40. The summed E-state index contributed by atoms with van der Waals surface area (Å²) < 4.78 is 1.72. The molecule has 0 aliphatic heterocycles. The first-order valence-electron chi connectivity index (χ1n) is 8.65. The van der Waals surface area contributed by atoms with Gasteiger partial charge >= 0.3 is 0 Å². The minimum Gasteiger partial charge on any atom is -0.368 e. The second kappa shape index (κ2) is 7.29. The average molecular weight is 367 g/mol. The van der Waals surface area contributed by atoms with Gasteiger partial charge < -0.3 is 5.73 Å². The minimum atomic E-state index is 0.161. The molecule has 0 spiro atoms. The molecule has 136 valence electrons. The van der Waals surface area contributed by atoms with Crippen molar-refractivity contribution in [2.75, 3.05) is 5.73 Å². The Kier molecular flexibility index (Phi) is 4.52. The number of aromatic nitrogens is 6. The van der Waals surface area contributed by atoms with Gasteiger partial charge in [0.2, 0.25) is 5.95 Å². The van der Waals surface area contributed by atoms with Gasteiger partial charge in [0.15, 0.2) is 0 Å². The molecule has 7 heteroatoms. The van der Waals surface area contributed by atoms with Crippen LogP contribution in [0.4, 0.5) is 5.95 Å². The summed E-state index contributed by atoms with van der Waals surface area (Å²) in [6, 6.07) is 15.2. The van der Waals surface area contributed by atoms with E-state index in [1.807, 2.05) is 61.7 Å². The van der Waals surface area contributed by atoms with Gasteiger partial charge in [0, 0.05) is 16.8 Å². The molecular formula is C21H17N7. The first-order valence-corrected chi connectivity index (χ1v) is 8.65. The van der Waals surface area contributed by atoms with Crippen molar-refractivity contribution in [3.05, 3.63) is 71.7 Å². The van der Waals surface area contributed by atoms with Gasteiger partial charge in [-0.2, -0.15) is 0 Å². The predicted molar refractivity (Wildman–Crippen MR) is 107 cm³/mol. The largest absolute Gasteiger partial charge is 0.368 e. The van der Waals surface area contributed by atoms with Gasteiger partial charge in [0.25, 0.3) is 0 Å². The van der Waals surface area contributed by atoms with Gasteiger partial charge in [-0.25, -0.2) is 14.6 Å². The highest BCUT2D eigenvalue weighted by Crippen LogP contribution is 2.24. The van der Waals surface area contributed by atoms with Crippen LogP contribution in [0.5, 0.6) is 0 Å². The van der Waals surface area contributed by atoms with Crippen LogP contribution in [0.1, 0.15) is 17.0 Å². The van der Waals surface area contributed by atoms with E-state index in [9.17, 15) is 0 Å². The highest BCUT2D eigenvalue weighted by atomic mass is 15.4. The second-order valence-corrected chi connectivity index (χ2v) is 6.29. The Balaban J connectivity index is 1.65. The highest BCUT2D eigenvalue weighted by Gasteiger charge is 2.11. The van der Waals surface area contributed by atoms with Crippen LogP contribution in [-0.4, -0.2) is 29.9 Å². The lowest BCUT2D eigenvalue weighted by Gasteiger charge is -2.05. The van der Waals surface area contributed by atoms with E-state index in [1.165, 1.54) is 0 Å². The van der Waals surface area contributed by atoms with Crippen LogP contribution in [0.3, 0.4) is 0 Å². The topological polar surface area (TPSA) is 95.4 Å². The summed E-state index contributed by atoms with van der Waals surface area (Å²) in [6.45, 7) is 2.48. The van der Waals surface area contributed by atoms with Crippen molar-refractivity contribution in [3.63, 3.8) is 0 Å². The Morgan fingerprint density at radius 2 is 1.82 bits per heavy atom. The second-order valence-electron chi connectivity index (χ2n) is 6.29. The first kappa shape index (κ1) is 17.4. The lowest BCUT2D eigenvalue weighted by Crippen LogP contribution is -2.03. The van der Waals surface area contributed by atoms with Crippen LogP contribution in [0.15, 0.2) is 54.7 Å². The number of aryl methyl sites for hydroxylation is 1. The van der Waals surface area contributed by atoms with Crippen LogP contribution < -0.4 is 5.73 Å². The van der Waals surface area contributed by atoms with E-state index in [1.54, 1.807) is 4.68 Å². The molecule has 0 saturated carbocycles. The summed E-state index contributed by atoms with van der Waals surface area (Å²) in [5.74, 6) is 2.78. The highest BCUT2D eigenvalue weighted by molar-refractivity contribution is 5.68. The maximum atomic E-state index is 5.92. The van der Waals surface area contributed by atoms with Crippen molar-refractivity contribution < 1.29 is 0 Å². The van der Waals surface area contributed by atoms with Crippen molar-refractivity contribution in [2.45, 2.75) is 13.5 Å². The van der Waals surface area contributed by atoms with E-state index in [0.717, 1.165) is 22.5 Å². The molecule has 7 nitrogen and oxygen atoms in total. The molecule has 0 amide bonds. The normalized spacial score (nSPS) is 10.6. The fraction of sp³-hybridized carbons (Fsp3) is 0.0952. The van der Waals surface area contributed by atoms with Crippen molar-refractivity contribution in [1.82, 2.24) is 29.9 Å². The van der Waals surface area contributed by atoms with Gasteiger partial charge in [-0.05, 0) is 37.3 Å². The Labute approximate surface area is 162 Å². The molecular weight excluding hydrogens is 350 g/mol. The van der Waals surface area contributed by atoms with E-state index in [2.05, 4.69) is 31.2 Å². The monoisotopic (exact) mass is 367 g/mol. The minimum absolute atomic E-state index is 0.161. The molecule has 4 aromatic rings. The van der Waals surface area contributed by atoms with Crippen LogP contribution in [0.25, 0.3) is 22.6 Å². The number of anilines is 1. The van der Waals surface area contributed by atoms with Crippen LogP contribution in [0.2, 0.25) is 0 Å². The maximum absolute atomic E-state index is 5.92. The number of hydrogen-bond donors (Lipinski definition) is 1. The van der Waals surface area contributed by atoms with Gasteiger partial charge in [-0.15, -0.1) is 11.5 Å². The van der Waals surface area contributed by atoms with Gasteiger partial charge in [0.1, 0.15) is 5.69 Å². The number of nitrogens with zero attached hydrogens (tertiary/aromatic N) is 6. The van der Waals surface area contributed by atoms with Crippen molar-refractivity contribution in [2.24, 2.45) is 0 Å². The third-order valence-electron chi connectivity index (χ3n) is 4.14. The smallest absolute Gasteiger partial charge is 0.221 e. The molecule has 0 atom stereocenters. The molecule has 0 aliphatic rings. The number of terminal acetylenes is 1. The number of nitrogen functional groups attached to an aromatic ring is 1. The molecule has 3 heterocycles. The third-order valence-corrected chi connectivity index (χ3v) is 4.14. The Bertz CT molecular complexity index is 1190. The lowest BCUT2D eigenvalue weighted by molar-refractivity contribution is 0.637. The standard InChI is InChI=1S/C21H17N7/c1-3-15-7-5-8-16(10-15)18-11-19(25-21(22)24-18)20-13-28(27-26-20)12-17-9-4-6-14(2)23-17/h1,4-11,13H,12H2,2H3,(H2,22,24,25). The Morgan fingerprint density at radius 1 is 1.00 bits per heavy atom. The van der Waals surface area contributed by atoms with E-state index in [4.69, 9.17) is 12.2 Å². The Morgan fingerprint density at radius 3 is 2.64 bits per heavy atom. The molecule has 0 radical (unpaired) electrons. The van der Waals surface area contributed by atoms with Crippen LogP contribution in [-0.2, 0) is 6.54 Å². The van der Waals surface area contributed by atoms with E-state index in [0.29, 0.717) is 23.6 Å². The average Bonchev–Trinajstić information content (AvgIpc) is 3.16. The van der Waals surface area contributed by atoms with Gasteiger partial charge in [-0.3, -0.25) is 4.98 Å². The molecule has 3 aromatic heterocycles. The fourth-order valence-corrected chi connectivity index (χ4v) is 2.86. The summed E-state index contributed by atoms with van der Waals surface area (Å²) in [7, 11) is 0. The maximum Gasteiger partial charge on any atom is 0.221 e. The van der Waals surface area contributed by atoms with Crippen molar-refractivity contribution in [3.8, 4) is 35.0 Å². The van der Waals surface area contributed by atoms with Crippen molar-refractivity contribution in [1.29, 1.82) is 0 Å². The number of hydrogen-bond acceptors (Lipinski definition) is 6. The molecule has 2 N–H and O–H groups in total. The zero-order valence-electron chi connectivity index (χ0n) is 15.2. The molecule has 28 heavy (non-hydrogen) atoms. The summed E-state index contributed by atoms with van der Waals surface area (Å²) in [6.07, 6.45) is 7.30. The molecule has 1 aromatic carbocycles. The molecule has 0 saturated heterocycles. The number of pyridine rings is 1. The molecule has 4 rings (SSSR count). The van der Waals surface area contributed by atoms with E-state index < -0.39 is 0 Å². The van der Waals surface area contributed by atoms with Crippen LogP contribution >= 0.6 is 0 Å². The van der Waals surface area contributed by atoms with Crippen LogP contribution in [0, 0.1) is 19.3 Å². The molecule has 0 unspecified atom stereocenters. The summed E-state index contributed by atoms with van der Waals surface area (Å²) in [4.78, 5) is 13.1. The lowest BCUT2D eigenvalue weighted by atomic mass is 10.1. The third kappa shape index (κ3) is 3.71. The van der Waals surface area contributed by atoms with Gasteiger partial charge in [0.05, 0.1) is 29.8 Å². The zero-order valence-corrected chi connectivity index (χ0v) is 15.2. The van der Waals surface area contributed by atoms with Gasteiger partial charge in [-0.1, -0.05) is 29.3 Å². The first-order chi connectivity index (χ1) is 13.6. The van der Waals surface area contributed by atoms with Crippen molar-refractivity contribution >= 4 is 5.95 Å². The van der Waals surface area contributed by atoms with E-state index in [-0.39, 0.29) is 5.95 Å². The number of rotatable bonds is 4. The predicted octanol–water partition coefficient (Wildman–Crippen LogP) is 2.72. The molecule has 0 aliphatic carbocycles. The SMILES string of the molecule is C#Cc1cccc(-c2cc(-c3cn(Cc4cccc(C)n4)nn3)nc(N)n2)c1. The quantitative estimate of drug-likeness (QED) is 0.557. The molecule has 0 bridgehead atoms. The Hall–Kier alpha value is -4.05. The zero-order chi connectivity index (χ0) is 19.5. The fourth-order valence-electron chi connectivity index (χ4n) is 2.86.